The minimum atomic E-state index is -3.85. The van der Waals surface area contributed by atoms with E-state index in [4.69, 9.17) is 0 Å². The van der Waals surface area contributed by atoms with Gasteiger partial charge in [-0.1, -0.05) is 29.8 Å². The van der Waals surface area contributed by atoms with Crippen molar-refractivity contribution >= 4 is 9.84 Å². The van der Waals surface area contributed by atoms with E-state index in [1.807, 2.05) is 26.8 Å². The molecule has 0 fully saturated rings. The fourth-order valence-corrected chi connectivity index (χ4v) is 4.70. The number of nitriles is 1. The molecule has 1 aromatic heterocycles. The Balaban J connectivity index is 2.09. The number of sulfone groups is 1. The van der Waals surface area contributed by atoms with E-state index in [1.165, 1.54) is 34.6 Å². The molecule has 2 aromatic carbocycles. The summed E-state index contributed by atoms with van der Waals surface area (Å²) in [6.45, 7) is 6.41. The van der Waals surface area contributed by atoms with Crippen LogP contribution in [-0.4, -0.2) is 18.2 Å². The lowest BCUT2D eigenvalue weighted by Crippen LogP contribution is -2.14. The largest absolute Gasteiger partial charge is 0.249 e. The van der Waals surface area contributed by atoms with Gasteiger partial charge < -0.3 is 0 Å². The van der Waals surface area contributed by atoms with Crippen LogP contribution in [0.1, 0.15) is 27.8 Å². The van der Waals surface area contributed by atoms with Crippen molar-refractivity contribution in [2.24, 2.45) is 0 Å². The highest BCUT2D eigenvalue weighted by atomic mass is 32.2. The van der Waals surface area contributed by atoms with Gasteiger partial charge in [-0.2, -0.15) is 10.4 Å². The van der Waals surface area contributed by atoms with E-state index in [9.17, 15) is 13.7 Å². The van der Waals surface area contributed by atoms with Crippen molar-refractivity contribution in [3.8, 4) is 6.07 Å². The van der Waals surface area contributed by atoms with Crippen molar-refractivity contribution in [3.05, 3.63) is 76.5 Å². The van der Waals surface area contributed by atoms with Crippen molar-refractivity contribution in [2.45, 2.75) is 37.2 Å². The highest BCUT2D eigenvalue weighted by molar-refractivity contribution is 7.91. The first-order valence-corrected chi connectivity index (χ1v) is 9.65. The van der Waals surface area contributed by atoms with Crippen molar-refractivity contribution in [1.82, 2.24) is 9.78 Å². The summed E-state index contributed by atoms with van der Waals surface area (Å²) in [5.41, 5.74) is 4.53. The number of aryl methyl sites for hydroxylation is 3. The first-order valence-electron chi connectivity index (χ1n) is 8.17. The van der Waals surface area contributed by atoms with Gasteiger partial charge in [-0.05, 0) is 55.7 Å². The normalized spacial score (nSPS) is 11.3. The van der Waals surface area contributed by atoms with Gasteiger partial charge in [-0.15, -0.1) is 0 Å². The molecule has 0 aliphatic carbocycles. The Hall–Kier alpha value is -2.91. The molecular weight excluding hydrogens is 346 g/mol. The Morgan fingerprint density at radius 1 is 1.08 bits per heavy atom. The van der Waals surface area contributed by atoms with Gasteiger partial charge in [0.05, 0.1) is 23.2 Å². The van der Waals surface area contributed by atoms with Gasteiger partial charge in [-0.3, -0.25) is 0 Å². The van der Waals surface area contributed by atoms with Crippen molar-refractivity contribution in [1.29, 1.82) is 5.26 Å². The highest BCUT2D eigenvalue weighted by Gasteiger charge is 2.25. The van der Waals surface area contributed by atoms with Gasteiger partial charge >= 0.3 is 0 Å². The van der Waals surface area contributed by atoms with E-state index >= 15 is 0 Å². The molecular formula is C20H19N3O2S. The van der Waals surface area contributed by atoms with E-state index in [2.05, 4.69) is 17.2 Å². The van der Waals surface area contributed by atoms with Crippen LogP contribution in [0.2, 0.25) is 0 Å². The number of nitrogens with zero attached hydrogens (tertiary/aromatic N) is 3. The van der Waals surface area contributed by atoms with Gasteiger partial charge in [0.1, 0.15) is 6.07 Å². The average Bonchev–Trinajstić information content (AvgIpc) is 3.07. The molecule has 0 radical (unpaired) electrons. The molecule has 3 rings (SSSR count). The number of benzene rings is 2. The van der Waals surface area contributed by atoms with Gasteiger partial charge in [0.15, 0.2) is 5.03 Å². The van der Waals surface area contributed by atoms with Crippen LogP contribution in [0, 0.1) is 32.1 Å². The summed E-state index contributed by atoms with van der Waals surface area (Å²) in [6.07, 6.45) is 1.47. The fourth-order valence-electron chi connectivity index (χ4n) is 3.18. The van der Waals surface area contributed by atoms with Crippen LogP contribution in [0.3, 0.4) is 0 Å². The van der Waals surface area contributed by atoms with Gasteiger partial charge in [0.25, 0.3) is 0 Å². The van der Waals surface area contributed by atoms with E-state index in [0.717, 1.165) is 16.7 Å². The maximum atomic E-state index is 13.1. The second-order valence-corrected chi connectivity index (χ2v) is 8.18. The number of rotatable bonds is 4. The fraction of sp³-hybridized carbons (Fsp3) is 0.200. The molecule has 0 atom stereocenters. The molecule has 0 spiro atoms. The molecule has 5 nitrogen and oxygen atoms in total. The molecule has 0 saturated heterocycles. The molecule has 0 bridgehead atoms. The van der Waals surface area contributed by atoms with Gasteiger partial charge in [-0.25, -0.2) is 13.1 Å². The molecule has 1 heterocycles. The Morgan fingerprint density at radius 2 is 1.73 bits per heavy atom. The predicted molar refractivity (Wildman–Crippen MR) is 98.6 cm³/mol. The molecule has 132 valence electrons. The molecule has 0 aliphatic heterocycles. The van der Waals surface area contributed by atoms with Crippen LogP contribution < -0.4 is 0 Å². The topological polar surface area (TPSA) is 75.8 Å². The van der Waals surface area contributed by atoms with E-state index in [0.29, 0.717) is 6.54 Å². The lowest BCUT2D eigenvalue weighted by atomic mass is 10.00. The Labute approximate surface area is 153 Å². The minimum Gasteiger partial charge on any atom is -0.249 e. The van der Waals surface area contributed by atoms with Crippen molar-refractivity contribution < 1.29 is 8.42 Å². The number of hydrogen-bond donors (Lipinski definition) is 0. The number of hydrogen-bond acceptors (Lipinski definition) is 4. The smallest absolute Gasteiger partial charge is 0.224 e. The molecule has 0 aliphatic rings. The van der Waals surface area contributed by atoms with Crippen molar-refractivity contribution in [3.63, 3.8) is 0 Å². The number of aromatic nitrogens is 2. The molecule has 0 saturated carbocycles. The Kier molecular flexibility index (Phi) is 4.66. The Bertz CT molecular complexity index is 1100. The highest BCUT2D eigenvalue weighted by Crippen LogP contribution is 2.25. The molecule has 0 N–H and O–H groups in total. The monoisotopic (exact) mass is 365 g/mol. The van der Waals surface area contributed by atoms with Crippen LogP contribution in [0.4, 0.5) is 0 Å². The zero-order valence-electron chi connectivity index (χ0n) is 14.9. The zero-order chi connectivity index (χ0) is 18.9. The summed E-state index contributed by atoms with van der Waals surface area (Å²) < 4.78 is 27.7. The third kappa shape index (κ3) is 3.14. The van der Waals surface area contributed by atoms with E-state index < -0.39 is 9.84 Å². The quantitative estimate of drug-likeness (QED) is 0.708. The second kappa shape index (κ2) is 6.77. The molecule has 6 heteroatoms. The molecule has 26 heavy (non-hydrogen) atoms. The summed E-state index contributed by atoms with van der Waals surface area (Å²) in [4.78, 5) is 0.00148. The second-order valence-electron chi connectivity index (χ2n) is 6.32. The Morgan fingerprint density at radius 3 is 2.38 bits per heavy atom. The van der Waals surface area contributed by atoms with Crippen LogP contribution in [0.25, 0.3) is 0 Å². The van der Waals surface area contributed by atoms with Crippen LogP contribution in [0.15, 0.2) is 58.6 Å². The van der Waals surface area contributed by atoms with Gasteiger partial charge in [0, 0.05) is 0 Å². The minimum absolute atomic E-state index is 0.00148. The average molecular weight is 365 g/mol. The summed E-state index contributed by atoms with van der Waals surface area (Å²) in [6, 6.07) is 13.8. The third-order valence-electron chi connectivity index (χ3n) is 4.40. The zero-order valence-corrected chi connectivity index (χ0v) is 15.7. The first kappa shape index (κ1) is 17.9. The summed E-state index contributed by atoms with van der Waals surface area (Å²) >= 11 is 0. The predicted octanol–water partition coefficient (Wildman–Crippen LogP) is 3.56. The lowest BCUT2D eigenvalue weighted by molar-refractivity contribution is 0.561. The summed E-state index contributed by atoms with van der Waals surface area (Å²) in [5.74, 6) is 0. The lowest BCUT2D eigenvalue weighted by Gasteiger charge is -2.14. The molecule has 3 aromatic rings. The first-order chi connectivity index (χ1) is 12.3. The van der Waals surface area contributed by atoms with Crippen LogP contribution in [-0.2, 0) is 16.4 Å². The SMILES string of the molecule is Cc1cc(C)c(Cn2nccc2S(=O)(=O)c2ccccc2C#N)c(C)c1. The molecule has 0 amide bonds. The van der Waals surface area contributed by atoms with Crippen molar-refractivity contribution in [2.75, 3.05) is 0 Å². The maximum absolute atomic E-state index is 13.1. The summed E-state index contributed by atoms with van der Waals surface area (Å²) in [5, 5.41) is 13.5. The van der Waals surface area contributed by atoms with Crippen LogP contribution in [0.5, 0.6) is 0 Å². The molecule has 0 unspecified atom stereocenters. The standard InChI is InChI=1S/C20H19N3O2S/c1-14-10-15(2)18(16(3)11-14)13-23-20(8-9-22-23)26(24,25)19-7-5-4-6-17(19)12-21/h4-11H,13H2,1-3H3. The summed E-state index contributed by atoms with van der Waals surface area (Å²) in [7, 11) is -3.85. The maximum Gasteiger partial charge on any atom is 0.224 e. The third-order valence-corrected chi connectivity index (χ3v) is 6.23. The van der Waals surface area contributed by atoms with Gasteiger partial charge in [0.2, 0.25) is 9.84 Å². The van der Waals surface area contributed by atoms with Crippen LogP contribution >= 0.6 is 0 Å². The van der Waals surface area contributed by atoms with E-state index in [1.54, 1.807) is 12.1 Å². The van der Waals surface area contributed by atoms with E-state index in [-0.39, 0.29) is 15.5 Å².